The summed E-state index contributed by atoms with van der Waals surface area (Å²) in [5.74, 6) is -0.907. The van der Waals surface area contributed by atoms with Gasteiger partial charge in [0.15, 0.2) is 0 Å². The van der Waals surface area contributed by atoms with E-state index in [0.29, 0.717) is 12.1 Å². The summed E-state index contributed by atoms with van der Waals surface area (Å²) in [4.78, 5) is 29.8. The van der Waals surface area contributed by atoms with E-state index in [1.54, 1.807) is 12.1 Å². The van der Waals surface area contributed by atoms with Crippen molar-refractivity contribution in [3.63, 3.8) is 0 Å². The Balaban J connectivity index is 1.41. The van der Waals surface area contributed by atoms with Crippen molar-refractivity contribution in [2.45, 2.75) is 12.6 Å². The van der Waals surface area contributed by atoms with Crippen LogP contribution in [0.1, 0.15) is 15.9 Å². The summed E-state index contributed by atoms with van der Waals surface area (Å²) in [7, 11) is 0. The van der Waals surface area contributed by atoms with Crippen LogP contribution in [0.15, 0.2) is 54.6 Å². The second-order valence-corrected chi connectivity index (χ2v) is 6.81. The first-order valence-electron chi connectivity index (χ1n) is 8.79. The third-order valence-corrected chi connectivity index (χ3v) is 5.11. The predicted octanol–water partition coefficient (Wildman–Crippen LogP) is 2.51. The fourth-order valence-electron chi connectivity index (χ4n) is 3.75. The molecule has 2 heterocycles. The molecule has 1 atom stereocenters. The van der Waals surface area contributed by atoms with Crippen LogP contribution in [0, 0.1) is 0 Å². The quantitative estimate of drug-likeness (QED) is 0.919. The van der Waals surface area contributed by atoms with Crippen LogP contribution in [0.5, 0.6) is 0 Å². The van der Waals surface area contributed by atoms with Crippen molar-refractivity contribution in [3.8, 4) is 0 Å². The van der Waals surface area contributed by atoms with E-state index in [0.717, 1.165) is 37.4 Å². The maximum atomic E-state index is 12.7. The molecule has 0 aromatic heterocycles. The fourth-order valence-corrected chi connectivity index (χ4v) is 3.75. The van der Waals surface area contributed by atoms with Gasteiger partial charge in [0, 0.05) is 38.4 Å². The van der Waals surface area contributed by atoms with Crippen LogP contribution in [-0.4, -0.2) is 59.1 Å². The van der Waals surface area contributed by atoms with E-state index in [1.807, 2.05) is 52.3 Å². The molecule has 6 heteroatoms. The number of nitrogens with zero attached hydrogens (tertiary/aromatic N) is 3. The number of para-hydroxylation sites is 1. The third-order valence-electron chi connectivity index (χ3n) is 5.11. The van der Waals surface area contributed by atoms with Crippen molar-refractivity contribution >= 4 is 17.7 Å². The van der Waals surface area contributed by atoms with Gasteiger partial charge in [0.1, 0.15) is 0 Å². The number of carboxylic acid groups (broad SMARTS) is 1. The maximum absolute atomic E-state index is 12.7. The van der Waals surface area contributed by atoms with Gasteiger partial charge >= 0.3 is 12.0 Å². The van der Waals surface area contributed by atoms with Gasteiger partial charge in [0.25, 0.3) is 0 Å². The number of amides is 2. The number of benzene rings is 2. The van der Waals surface area contributed by atoms with Gasteiger partial charge in [-0.3, -0.25) is 9.80 Å². The van der Waals surface area contributed by atoms with Crippen LogP contribution in [0.2, 0.25) is 0 Å². The van der Waals surface area contributed by atoms with Crippen LogP contribution in [0.25, 0.3) is 0 Å². The van der Waals surface area contributed by atoms with Crippen molar-refractivity contribution in [1.82, 2.24) is 9.80 Å². The van der Waals surface area contributed by atoms with E-state index in [4.69, 9.17) is 5.11 Å². The Hall–Kier alpha value is -2.86. The number of piperazine rings is 1. The highest BCUT2D eigenvalue weighted by molar-refractivity contribution is 5.94. The summed E-state index contributed by atoms with van der Waals surface area (Å²) in [6, 6.07) is 17.1. The molecule has 4 rings (SSSR count). The van der Waals surface area contributed by atoms with Gasteiger partial charge in [-0.2, -0.15) is 0 Å². The highest BCUT2D eigenvalue weighted by Gasteiger charge is 2.40. The van der Waals surface area contributed by atoms with E-state index in [2.05, 4.69) is 4.90 Å². The van der Waals surface area contributed by atoms with Gasteiger partial charge in [-0.15, -0.1) is 0 Å². The minimum atomic E-state index is -0.907. The van der Waals surface area contributed by atoms with Crippen molar-refractivity contribution < 1.29 is 14.7 Å². The topological polar surface area (TPSA) is 64.1 Å². The van der Waals surface area contributed by atoms with Crippen molar-refractivity contribution in [1.29, 1.82) is 0 Å². The van der Waals surface area contributed by atoms with Gasteiger partial charge in [0.2, 0.25) is 0 Å². The molecule has 0 saturated carbocycles. The van der Waals surface area contributed by atoms with Crippen LogP contribution < -0.4 is 4.90 Å². The third kappa shape index (κ3) is 3.15. The molecule has 2 amide bonds. The number of carboxylic acids is 1. The number of hydrogen-bond acceptors (Lipinski definition) is 3. The van der Waals surface area contributed by atoms with Crippen molar-refractivity contribution in [2.75, 3.05) is 31.1 Å². The number of fused-ring (bicyclic) bond motifs is 1. The summed E-state index contributed by atoms with van der Waals surface area (Å²) < 4.78 is 0. The lowest BCUT2D eigenvalue weighted by Gasteiger charge is -2.36. The van der Waals surface area contributed by atoms with Gasteiger partial charge < -0.3 is 10.0 Å². The van der Waals surface area contributed by atoms with Crippen LogP contribution in [0.4, 0.5) is 10.5 Å². The average molecular weight is 351 g/mol. The molecule has 0 unspecified atom stereocenters. The lowest BCUT2D eigenvalue weighted by Crippen LogP contribution is -2.51. The Morgan fingerprint density at radius 3 is 2.42 bits per heavy atom. The zero-order valence-corrected chi connectivity index (χ0v) is 14.4. The Morgan fingerprint density at radius 2 is 1.73 bits per heavy atom. The molecule has 2 aromatic carbocycles. The summed E-state index contributed by atoms with van der Waals surface area (Å²) >= 11 is 0. The zero-order chi connectivity index (χ0) is 18.1. The number of carbonyl (C=O) groups is 2. The summed E-state index contributed by atoms with van der Waals surface area (Å²) in [5, 5.41) is 8.99. The molecule has 2 fully saturated rings. The van der Waals surface area contributed by atoms with Gasteiger partial charge in [-0.25, -0.2) is 9.59 Å². The minimum Gasteiger partial charge on any atom is -0.478 e. The second-order valence-electron chi connectivity index (χ2n) is 6.81. The van der Waals surface area contributed by atoms with Crippen LogP contribution in [-0.2, 0) is 6.54 Å². The van der Waals surface area contributed by atoms with Crippen molar-refractivity contribution in [3.05, 3.63) is 65.7 Å². The molecule has 2 saturated heterocycles. The number of carbonyl (C=O) groups excluding carboxylic acids is 1. The van der Waals surface area contributed by atoms with Gasteiger partial charge in [-0.1, -0.05) is 30.3 Å². The standard InChI is InChI=1S/C20H21N3O3/c24-19(25)16-8-6-15(7-9-16)12-21-10-11-22-18(13-21)14-23(20(22)26)17-4-2-1-3-5-17/h1-9,18H,10-14H2,(H,24,25)/t18-/m1/s1. The lowest BCUT2D eigenvalue weighted by atomic mass is 10.1. The maximum Gasteiger partial charge on any atom is 0.335 e. The number of urea groups is 1. The smallest absolute Gasteiger partial charge is 0.335 e. The summed E-state index contributed by atoms with van der Waals surface area (Å²) in [5.41, 5.74) is 2.34. The van der Waals surface area contributed by atoms with E-state index in [-0.39, 0.29) is 12.1 Å². The van der Waals surface area contributed by atoms with Crippen LogP contribution in [0.3, 0.4) is 0 Å². The number of hydrogen-bond donors (Lipinski definition) is 1. The highest BCUT2D eigenvalue weighted by Crippen LogP contribution is 2.26. The molecule has 2 aromatic rings. The first-order valence-corrected chi connectivity index (χ1v) is 8.79. The second kappa shape index (κ2) is 6.80. The lowest BCUT2D eigenvalue weighted by molar-refractivity contribution is 0.0697. The van der Waals surface area contributed by atoms with E-state index < -0.39 is 5.97 Å². The van der Waals surface area contributed by atoms with E-state index >= 15 is 0 Å². The largest absolute Gasteiger partial charge is 0.478 e. The van der Waals surface area contributed by atoms with Gasteiger partial charge in [-0.05, 0) is 29.8 Å². The van der Waals surface area contributed by atoms with E-state index in [1.165, 1.54) is 0 Å². The monoisotopic (exact) mass is 351 g/mol. The Labute approximate surface area is 152 Å². The number of anilines is 1. The summed E-state index contributed by atoms with van der Waals surface area (Å²) in [6.07, 6.45) is 0. The van der Waals surface area contributed by atoms with Crippen LogP contribution >= 0.6 is 0 Å². The molecular formula is C20H21N3O3. The molecule has 2 aliphatic heterocycles. The molecule has 2 aliphatic rings. The van der Waals surface area contributed by atoms with Gasteiger partial charge in [0.05, 0.1) is 11.6 Å². The Bertz CT molecular complexity index is 807. The highest BCUT2D eigenvalue weighted by atomic mass is 16.4. The average Bonchev–Trinajstić information content (AvgIpc) is 2.99. The zero-order valence-electron chi connectivity index (χ0n) is 14.4. The predicted molar refractivity (Wildman–Crippen MR) is 98.4 cm³/mol. The normalized spacial score (nSPS) is 20.3. The SMILES string of the molecule is O=C(O)c1ccc(CN2CCN3C(=O)N(c4ccccc4)C[C@H]3C2)cc1. The molecule has 134 valence electrons. The molecule has 0 radical (unpaired) electrons. The molecule has 6 nitrogen and oxygen atoms in total. The van der Waals surface area contributed by atoms with E-state index in [9.17, 15) is 9.59 Å². The minimum absolute atomic E-state index is 0.0895. The molecule has 0 spiro atoms. The Morgan fingerprint density at radius 1 is 1.00 bits per heavy atom. The first-order chi connectivity index (χ1) is 12.6. The van der Waals surface area contributed by atoms with Crippen molar-refractivity contribution in [2.24, 2.45) is 0 Å². The number of aromatic carboxylic acids is 1. The fraction of sp³-hybridized carbons (Fsp3) is 0.300. The Kier molecular flexibility index (Phi) is 4.34. The first kappa shape index (κ1) is 16.6. The molecule has 1 N–H and O–H groups in total. The molecule has 26 heavy (non-hydrogen) atoms. The molecular weight excluding hydrogens is 330 g/mol. The number of rotatable bonds is 4. The molecule has 0 bridgehead atoms. The summed E-state index contributed by atoms with van der Waals surface area (Å²) in [6.45, 7) is 3.85. The molecule has 0 aliphatic carbocycles.